The molecular weight excluding hydrogens is 176 g/mol. The van der Waals surface area contributed by atoms with Crippen LogP contribution in [0.25, 0.3) is 0 Å². The van der Waals surface area contributed by atoms with Gasteiger partial charge in [0, 0.05) is 12.0 Å². The number of hydrogen-bond acceptors (Lipinski definition) is 1. The van der Waals surface area contributed by atoms with Gasteiger partial charge in [0.05, 0.1) is 5.02 Å². The van der Waals surface area contributed by atoms with Gasteiger partial charge in [0.25, 0.3) is 0 Å². The van der Waals surface area contributed by atoms with E-state index in [-0.39, 0.29) is 11.3 Å². The van der Waals surface area contributed by atoms with E-state index in [1.165, 1.54) is 0 Å². The van der Waals surface area contributed by atoms with Crippen LogP contribution in [0, 0.1) is 0 Å². The van der Waals surface area contributed by atoms with E-state index in [1.807, 2.05) is 19.1 Å². The first kappa shape index (κ1) is 11.1. The fourth-order valence-corrected chi connectivity index (χ4v) is 1.12. The van der Waals surface area contributed by atoms with Crippen molar-refractivity contribution in [2.24, 2.45) is 0 Å². The van der Waals surface area contributed by atoms with Gasteiger partial charge in [-0.25, -0.2) is 0 Å². The lowest BCUT2D eigenvalue weighted by atomic mass is 10.1. The lowest BCUT2D eigenvalue weighted by molar-refractivity contribution is 0.0988. The van der Waals surface area contributed by atoms with Gasteiger partial charge in [0.2, 0.25) is 0 Å². The molecule has 1 aromatic carbocycles. The molecule has 0 atom stereocenters. The maximum Gasteiger partial charge on any atom is 0.164 e. The zero-order chi connectivity index (χ0) is 8.27. The molecule has 0 unspecified atom stereocenters. The number of benzene rings is 1. The van der Waals surface area contributed by atoms with Crippen molar-refractivity contribution in [1.82, 2.24) is 0 Å². The first-order valence-electron chi connectivity index (χ1n) is 3.53. The summed E-state index contributed by atoms with van der Waals surface area (Å²) in [7, 11) is 0. The molecule has 1 rings (SSSR count). The summed E-state index contributed by atoms with van der Waals surface area (Å²) in [5, 5.41) is 0.541. The Morgan fingerprint density at radius 1 is 1.42 bits per heavy atom. The fraction of sp³-hybridized carbons (Fsp3) is 0.222. The van der Waals surface area contributed by atoms with Gasteiger partial charge in [-0.3, -0.25) is 4.79 Å². The zero-order valence-electron chi connectivity index (χ0n) is 6.80. The van der Waals surface area contributed by atoms with E-state index in [1.54, 1.807) is 12.1 Å². The van der Waals surface area contributed by atoms with Gasteiger partial charge in [-0.2, -0.15) is 0 Å². The Morgan fingerprint density at radius 2 is 2.00 bits per heavy atom. The van der Waals surface area contributed by atoms with E-state index in [0.29, 0.717) is 17.0 Å². The first-order valence-corrected chi connectivity index (χ1v) is 3.91. The van der Waals surface area contributed by atoms with Gasteiger partial charge in [-0.15, -0.1) is 0 Å². The van der Waals surface area contributed by atoms with E-state index in [0.717, 1.165) is 0 Å². The van der Waals surface area contributed by atoms with E-state index >= 15 is 0 Å². The first-order chi connectivity index (χ1) is 5.25. The predicted molar refractivity (Wildman–Crippen MR) is 49.7 cm³/mol. The van der Waals surface area contributed by atoms with Crippen molar-refractivity contribution >= 4 is 17.4 Å². The lowest BCUT2D eigenvalue weighted by Crippen LogP contribution is -1.96. The molecule has 2 nitrogen and oxygen atoms in total. The molecule has 0 aliphatic heterocycles. The zero-order valence-corrected chi connectivity index (χ0v) is 7.56. The highest BCUT2D eigenvalue weighted by Crippen LogP contribution is 2.16. The van der Waals surface area contributed by atoms with Gasteiger partial charge in [-0.05, 0) is 12.1 Å². The molecule has 0 aliphatic rings. The third kappa shape index (κ3) is 2.32. The van der Waals surface area contributed by atoms with E-state index < -0.39 is 0 Å². The highest BCUT2D eigenvalue weighted by Gasteiger charge is 2.05. The van der Waals surface area contributed by atoms with E-state index in [2.05, 4.69) is 0 Å². The standard InChI is InChI=1S/C9H9ClO.H2O/c1-2-9(11)7-5-3-4-6-8(7)10;/h3-6H,2H2,1H3;1H2. The molecule has 0 amide bonds. The Kier molecular flexibility index (Phi) is 4.55. The number of carbonyl (C=O) groups is 1. The van der Waals surface area contributed by atoms with Crippen molar-refractivity contribution < 1.29 is 10.3 Å². The normalized spacial score (nSPS) is 8.83. The van der Waals surface area contributed by atoms with Crippen LogP contribution >= 0.6 is 11.6 Å². The number of ketones is 1. The Labute approximate surface area is 76.5 Å². The average molecular weight is 187 g/mol. The molecule has 0 radical (unpaired) electrons. The maximum atomic E-state index is 11.1. The molecule has 0 bridgehead atoms. The SMILES string of the molecule is CCC(=O)c1ccccc1Cl.O. The van der Waals surface area contributed by atoms with Crippen molar-refractivity contribution in [3.8, 4) is 0 Å². The molecule has 12 heavy (non-hydrogen) atoms. The van der Waals surface area contributed by atoms with Crippen LogP contribution in [0.5, 0.6) is 0 Å². The number of halogens is 1. The minimum atomic E-state index is 0. The van der Waals surface area contributed by atoms with Gasteiger partial charge in [0.1, 0.15) is 0 Å². The Bertz CT molecular complexity index is 271. The summed E-state index contributed by atoms with van der Waals surface area (Å²) in [6.45, 7) is 1.83. The van der Waals surface area contributed by atoms with Crippen molar-refractivity contribution in [2.75, 3.05) is 0 Å². The summed E-state index contributed by atoms with van der Waals surface area (Å²) in [5.41, 5.74) is 0.622. The van der Waals surface area contributed by atoms with Crippen LogP contribution in [0.1, 0.15) is 23.7 Å². The van der Waals surface area contributed by atoms with Gasteiger partial charge in [0.15, 0.2) is 5.78 Å². The van der Waals surface area contributed by atoms with Crippen molar-refractivity contribution in [1.29, 1.82) is 0 Å². The van der Waals surface area contributed by atoms with Crippen LogP contribution in [0.15, 0.2) is 24.3 Å². The van der Waals surface area contributed by atoms with Crippen molar-refractivity contribution in [3.63, 3.8) is 0 Å². The summed E-state index contributed by atoms with van der Waals surface area (Å²) in [4.78, 5) is 11.1. The molecule has 0 heterocycles. The van der Waals surface area contributed by atoms with E-state index in [9.17, 15) is 4.79 Å². The third-order valence-corrected chi connectivity index (χ3v) is 1.82. The third-order valence-electron chi connectivity index (χ3n) is 1.50. The molecule has 3 heteroatoms. The highest BCUT2D eigenvalue weighted by molar-refractivity contribution is 6.33. The Balaban J connectivity index is 0.00000121. The summed E-state index contributed by atoms with van der Waals surface area (Å²) < 4.78 is 0. The van der Waals surface area contributed by atoms with Gasteiger partial charge >= 0.3 is 0 Å². The highest BCUT2D eigenvalue weighted by atomic mass is 35.5. The molecule has 0 aromatic heterocycles. The molecule has 0 spiro atoms. The number of Topliss-reactive ketones (excluding diaryl/α,β-unsaturated/α-hetero) is 1. The quantitative estimate of drug-likeness (QED) is 0.653. The fourth-order valence-electron chi connectivity index (χ4n) is 0.878. The second-order valence-corrected chi connectivity index (χ2v) is 2.66. The minimum absolute atomic E-state index is 0. The monoisotopic (exact) mass is 186 g/mol. The van der Waals surface area contributed by atoms with Crippen LogP contribution in [0.4, 0.5) is 0 Å². The second-order valence-electron chi connectivity index (χ2n) is 2.26. The molecule has 0 saturated carbocycles. The van der Waals surface area contributed by atoms with Gasteiger partial charge in [-0.1, -0.05) is 30.7 Å². The molecule has 2 N–H and O–H groups in total. The van der Waals surface area contributed by atoms with E-state index in [4.69, 9.17) is 11.6 Å². The molecule has 1 aromatic rings. The molecule has 0 aliphatic carbocycles. The summed E-state index contributed by atoms with van der Waals surface area (Å²) >= 11 is 5.78. The molecule has 0 saturated heterocycles. The van der Waals surface area contributed by atoms with Gasteiger partial charge < -0.3 is 5.48 Å². The second kappa shape index (κ2) is 4.91. The molecule has 0 fully saturated rings. The van der Waals surface area contributed by atoms with Crippen molar-refractivity contribution in [3.05, 3.63) is 34.9 Å². The predicted octanol–water partition coefficient (Wildman–Crippen LogP) is 2.11. The number of carbonyl (C=O) groups excluding carboxylic acids is 1. The Hall–Kier alpha value is -0.860. The van der Waals surface area contributed by atoms with Crippen LogP contribution in [0.3, 0.4) is 0 Å². The maximum absolute atomic E-state index is 11.1. The lowest BCUT2D eigenvalue weighted by Gasteiger charge is -1.98. The minimum Gasteiger partial charge on any atom is -0.412 e. The van der Waals surface area contributed by atoms with Crippen LogP contribution in [-0.2, 0) is 0 Å². The largest absolute Gasteiger partial charge is 0.412 e. The molecular formula is C9H11ClO2. The van der Waals surface area contributed by atoms with Crippen LogP contribution in [-0.4, -0.2) is 11.3 Å². The smallest absolute Gasteiger partial charge is 0.164 e. The topological polar surface area (TPSA) is 48.6 Å². The number of rotatable bonds is 2. The number of hydrogen-bond donors (Lipinski definition) is 0. The van der Waals surface area contributed by atoms with Crippen molar-refractivity contribution in [2.45, 2.75) is 13.3 Å². The van der Waals surface area contributed by atoms with Crippen LogP contribution in [0.2, 0.25) is 5.02 Å². The summed E-state index contributed by atoms with van der Waals surface area (Å²) in [5.74, 6) is 0.0931. The average Bonchev–Trinajstić information content (AvgIpc) is 2.04. The Morgan fingerprint density at radius 3 is 2.50 bits per heavy atom. The summed E-state index contributed by atoms with van der Waals surface area (Å²) in [6, 6.07) is 7.10. The molecule has 66 valence electrons. The summed E-state index contributed by atoms with van der Waals surface area (Å²) in [6.07, 6.45) is 0.504. The van der Waals surface area contributed by atoms with Crippen LogP contribution < -0.4 is 0 Å².